The van der Waals surface area contributed by atoms with E-state index in [0.717, 1.165) is 5.56 Å². The van der Waals surface area contributed by atoms with Crippen molar-refractivity contribution < 1.29 is 14.3 Å². The number of nitrogens with one attached hydrogen (secondary N) is 2. The molecule has 1 aromatic carbocycles. The molecule has 0 saturated carbocycles. The molecule has 1 atom stereocenters. The standard InChI is InChI=1S/C16H18N2O3/c1-3-21-15(19)14-11(2)17-16(20)18-13(14)10-9-12-7-5-4-6-8-12/h4-11H,3H2,1-2H3,(H2,17,18,20)/b10-9+/t11-/m1/s1. The van der Waals surface area contributed by atoms with Crippen LogP contribution in [0.4, 0.5) is 4.79 Å². The SMILES string of the molecule is CCOC(=O)C1=C(/C=C/c2ccccc2)NC(=O)N[C@@H]1C. The number of urea groups is 1. The Labute approximate surface area is 123 Å². The summed E-state index contributed by atoms with van der Waals surface area (Å²) < 4.78 is 5.05. The van der Waals surface area contributed by atoms with Crippen molar-refractivity contribution in [1.29, 1.82) is 0 Å². The lowest BCUT2D eigenvalue weighted by molar-refractivity contribution is -0.138. The monoisotopic (exact) mass is 286 g/mol. The summed E-state index contributed by atoms with van der Waals surface area (Å²) in [5, 5.41) is 5.30. The first-order chi connectivity index (χ1) is 10.1. The second-order valence-electron chi connectivity index (χ2n) is 4.61. The molecule has 0 bridgehead atoms. The summed E-state index contributed by atoms with van der Waals surface area (Å²) in [7, 11) is 0. The summed E-state index contributed by atoms with van der Waals surface area (Å²) in [5.41, 5.74) is 1.87. The first kappa shape index (κ1) is 14.8. The number of benzene rings is 1. The molecular weight excluding hydrogens is 268 g/mol. The molecule has 5 heteroatoms. The molecule has 2 rings (SSSR count). The van der Waals surface area contributed by atoms with Crippen LogP contribution < -0.4 is 10.6 Å². The number of amides is 2. The summed E-state index contributed by atoms with van der Waals surface area (Å²) >= 11 is 0. The van der Waals surface area contributed by atoms with Gasteiger partial charge in [0.2, 0.25) is 0 Å². The Bertz CT molecular complexity index is 591. The molecule has 0 radical (unpaired) electrons. The average Bonchev–Trinajstić information content (AvgIpc) is 2.45. The van der Waals surface area contributed by atoms with E-state index in [0.29, 0.717) is 17.9 Å². The van der Waals surface area contributed by atoms with E-state index in [2.05, 4.69) is 10.6 Å². The van der Waals surface area contributed by atoms with Crippen LogP contribution in [0.1, 0.15) is 19.4 Å². The van der Waals surface area contributed by atoms with Crippen molar-refractivity contribution in [3.63, 3.8) is 0 Å². The van der Waals surface area contributed by atoms with Crippen LogP contribution in [0.3, 0.4) is 0 Å². The lowest BCUT2D eigenvalue weighted by Gasteiger charge is -2.25. The molecule has 1 aromatic rings. The third kappa shape index (κ3) is 3.72. The normalized spacial score (nSPS) is 18.4. The quantitative estimate of drug-likeness (QED) is 0.834. The average molecular weight is 286 g/mol. The zero-order valence-electron chi connectivity index (χ0n) is 12.1. The molecule has 110 valence electrons. The van der Waals surface area contributed by atoms with E-state index < -0.39 is 12.0 Å². The van der Waals surface area contributed by atoms with E-state index in [1.165, 1.54) is 0 Å². The van der Waals surface area contributed by atoms with Crippen molar-refractivity contribution >= 4 is 18.1 Å². The Morgan fingerprint density at radius 1 is 1.29 bits per heavy atom. The maximum Gasteiger partial charge on any atom is 0.338 e. The number of carbonyl (C=O) groups is 2. The van der Waals surface area contributed by atoms with Gasteiger partial charge in [-0.25, -0.2) is 9.59 Å². The van der Waals surface area contributed by atoms with Crippen molar-refractivity contribution in [1.82, 2.24) is 10.6 Å². The number of rotatable bonds is 4. The fourth-order valence-corrected chi connectivity index (χ4v) is 2.10. The molecule has 0 saturated heterocycles. The van der Waals surface area contributed by atoms with Crippen LogP contribution in [0, 0.1) is 0 Å². The fourth-order valence-electron chi connectivity index (χ4n) is 2.10. The lowest BCUT2D eigenvalue weighted by Crippen LogP contribution is -2.48. The Kier molecular flexibility index (Phi) is 4.77. The molecule has 1 heterocycles. The predicted octanol–water partition coefficient (Wildman–Crippen LogP) is 2.22. The van der Waals surface area contributed by atoms with Gasteiger partial charge in [-0.05, 0) is 25.5 Å². The highest BCUT2D eigenvalue weighted by Crippen LogP contribution is 2.16. The molecule has 5 nitrogen and oxygen atoms in total. The summed E-state index contributed by atoms with van der Waals surface area (Å²) in [4.78, 5) is 23.6. The third-order valence-corrected chi connectivity index (χ3v) is 3.06. The molecule has 0 fully saturated rings. The number of hydrogen-bond donors (Lipinski definition) is 2. The number of ether oxygens (including phenoxy) is 1. The largest absolute Gasteiger partial charge is 0.463 e. The number of allylic oxidation sites excluding steroid dienone is 1. The Morgan fingerprint density at radius 2 is 2.00 bits per heavy atom. The number of carbonyl (C=O) groups excluding carboxylic acids is 2. The van der Waals surface area contributed by atoms with E-state index in [-0.39, 0.29) is 6.03 Å². The Balaban J connectivity index is 2.33. The highest BCUT2D eigenvalue weighted by Gasteiger charge is 2.28. The maximum atomic E-state index is 12.0. The van der Waals surface area contributed by atoms with E-state index in [4.69, 9.17) is 4.74 Å². The molecule has 1 aliphatic heterocycles. The molecule has 0 aromatic heterocycles. The Morgan fingerprint density at radius 3 is 2.67 bits per heavy atom. The van der Waals surface area contributed by atoms with Gasteiger partial charge < -0.3 is 15.4 Å². The van der Waals surface area contributed by atoms with Gasteiger partial charge in [-0.15, -0.1) is 0 Å². The molecule has 1 aliphatic rings. The minimum atomic E-state index is -0.426. The van der Waals surface area contributed by atoms with Gasteiger partial charge in [0.25, 0.3) is 0 Å². The molecule has 2 N–H and O–H groups in total. The second-order valence-corrected chi connectivity index (χ2v) is 4.61. The zero-order chi connectivity index (χ0) is 15.2. The highest BCUT2D eigenvalue weighted by atomic mass is 16.5. The second kappa shape index (κ2) is 6.74. The van der Waals surface area contributed by atoms with Crippen LogP contribution in [0.15, 0.2) is 47.7 Å². The van der Waals surface area contributed by atoms with E-state index in [1.54, 1.807) is 19.9 Å². The number of esters is 1. The summed E-state index contributed by atoms with van der Waals surface area (Å²) in [6, 6.07) is 8.92. The van der Waals surface area contributed by atoms with Crippen molar-refractivity contribution in [2.75, 3.05) is 6.61 Å². The molecule has 0 unspecified atom stereocenters. The molecular formula is C16H18N2O3. The van der Waals surface area contributed by atoms with E-state index >= 15 is 0 Å². The van der Waals surface area contributed by atoms with Crippen LogP contribution >= 0.6 is 0 Å². The van der Waals surface area contributed by atoms with Gasteiger partial charge >= 0.3 is 12.0 Å². The van der Waals surface area contributed by atoms with Crippen LogP contribution in [-0.4, -0.2) is 24.6 Å². The first-order valence-electron chi connectivity index (χ1n) is 6.83. The smallest absolute Gasteiger partial charge is 0.338 e. The van der Waals surface area contributed by atoms with Gasteiger partial charge in [-0.3, -0.25) is 0 Å². The topological polar surface area (TPSA) is 67.4 Å². The maximum absolute atomic E-state index is 12.0. The van der Waals surface area contributed by atoms with Crippen molar-refractivity contribution in [2.45, 2.75) is 19.9 Å². The van der Waals surface area contributed by atoms with Crippen LogP contribution in [0.25, 0.3) is 6.08 Å². The number of hydrogen-bond acceptors (Lipinski definition) is 3. The summed E-state index contributed by atoms with van der Waals surface area (Å²) in [5.74, 6) is -0.426. The zero-order valence-corrected chi connectivity index (χ0v) is 12.1. The van der Waals surface area contributed by atoms with Gasteiger partial charge in [0, 0.05) is 0 Å². The van der Waals surface area contributed by atoms with E-state index in [1.807, 2.05) is 36.4 Å². The lowest BCUT2D eigenvalue weighted by atomic mass is 10.0. The van der Waals surface area contributed by atoms with Crippen molar-refractivity contribution in [2.24, 2.45) is 0 Å². The third-order valence-electron chi connectivity index (χ3n) is 3.06. The van der Waals surface area contributed by atoms with Gasteiger partial charge in [-0.2, -0.15) is 0 Å². The fraction of sp³-hybridized carbons (Fsp3) is 0.250. The van der Waals surface area contributed by atoms with Gasteiger partial charge in [0.15, 0.2) is 0 Å². The summed E-state index contributed by atoms with van der Waals surface area (Å²) in [6.45, 7) is 3.79. The van der Waals surface area contributed by atoms with Gasteiger partial charge in [0.1, 0.15) is 0 Å². The van der Waals surface area contributed by atoms with E-state index in [9.17, 15) is 9.59 Å². The van der Waals surface area contributed by atoms with Gasteiger partial charge in [-0.1, -0.05) is 36.4 Å². The molecule has 0 aliphatic carbocycles. The minimum Gasteiger partial charge on any atom is -0.463 e. The van der Waals surface area contributed by atoms with Crippen molar-refractivity contribution in [3.8, 4) is 0 Å². The highest BCUT2D eigenvalue weighted by molar-refractivity contribution is 5.95. The summed E-state index contributed by atoms with van der Waals surface area (Å²) in [6.07, 6.45) is 3.56. The molecule has 21 heavy (non-hydrogen) atoms. The Hall–Kier alpha value is -2.56. The van der Waals surface area contributed by atoms with Crippen LogP contribution in [0.5, 0.6) is 0 Å². The van der Waals surface area contributed by atoms with Crippen LogP contribution in [-0.2, 0) is 9.53 Å². The van der Waals surface area contributed by atoms with Crippen molar-refractivity contribution in [3.05, 3.63) is 53.2 Å². The molecule has 0 spiro atoms. The first-order valence-corrected chi connectivity index (χ1v) is 6.83. The van der Waals surface area contributed by atoms with Gasteiger partial charge in [0.05, 0.1) is 23.9 Å². The molecule has 2 amide bonds. The van der Waals surface area contributed by atoms with Crippen LogP contribution in [0.2, 0.25) is 0 Å². The predicted molar refractivity (Wildman–Crippen MR) is 80.3 cm³/mol. The minimum absolute atomic E-state index is 0.290.